The molecule has 2 aromatic rings. The van der Waals surface area contributed by atoms with Crippen molar-refractivity contribution in [3.05, 3.63) is 56.5 Å². The highest BCUT2D eigenvalue weighted by Crippen LogP contribution is 2.33. The molecule has 19 heavy (non-hydrogen) atoms. The smallest absolute Gasteiger partial charge is 0.133 e. The molecule has 2 N–H and O–H groups in total. The molecule has 100 valence electrons. The van der Waals surface area contributed by atoms with Crippen molar-refractivity contribution in [1.82, 2.24) is 0 Å². The molecule has 0 saturated carbocycles. The highest BCUT2D eigenvalue weighted by atomic mass is 79.9. The van der Waals surface area contributed by atoms with Gasteiger partial charge < -0.3 is 10.5 Å². The van der Waals surface area contributed by atoms with E-state index in [4.69, 9.17) is 22.1 Å². The summed E-state index contributed by atoms with van der Waals surface area (Å²) < 4.78 is 6.88. The molecule has 0 heterocycles. The van der Waals surface area contributed by atoms with Crippen LogP contribution in [0.3, 0.4) is 0 Å². The summed E-state index contributed by atoms with van der Waals surface area (Å²) in [7, 11) is 0. The lowest BCUT2D eigenvalue weighted by molar-refractivity contribution is 0.475. The molecule has 0 spiro atoms. The minimum absolute atomic E-state index is 0.419. The number of aryl methyl sites for hydroxylation is 2. The molecular formula is C15H15BrClNO. The fourth-order valence-electron chi connectivity index (χ4n) is 1.92. The van der Waals surface area contributed by atoms with E-state index in [0.29, 0.717) is 6.54 Å². The summed E-state index contributed by atoms with van der Waals surface area (Å²) in [6, 6.07) is 9.64. The van der Waals surface area contributed by atoms with Gasteiger partial charge in [-0.05, 0) is 49.2 Å². The summed E-state index contributed by atoms with van der Waals surface area (Å²) in [5, 5.41) is 0.778. The van der Waals surface area contributed by atoms with E-state index in [1.54, 1.807) is 0 Å². The lowest BCUT2D eigenvalue weighted by Gasteiger charge is -2.13. The predicted octanol–water partition coefficient (Wildman–Crippen LogP) is 4.97. The molecule has 2 nitrogen and oxygen atoms in total. The first-order chi connectivity index (χ1) is 9.02. The minimum Gasteiger partial charge on any atom is -0.457 e. The van der Waals surface area contributed by atoms with Crippen molar-refractivity contribution in [3.63, 3.8) is 0 Å². The Morgan fingerprint density at radius 1 is 1.21 bits per heavy atom. The second-order valence-electron chi connectivity index (χ2n) is 4.39. The number of nitrogens with two attached hydrogens (primary N) is 1. The van der Waals surface area contributed by atoms with Gasteiger partial charge in [-0.15, -0.1) is 0 Å². The molecule has 2 rings (SSSR count). The van der Waals surface area contributed by atoms with Crippen molar-refractivity contribution >= 4 is 27.5 Å². The third-order valence-corrected chi connectivity index (χ3v) is 4.26. The molecule has 0 saturated heterocycles. The maximum Gasteiger partial charge on any atom is 0.133 e. The fourth-order valence-corrected chi connectivity index (χ4v) is 2.54. The third kappa shape index (κ3) is 3.11. The molecule has 0 unspecified atom stereocenters. The van der Waals surface area contributed by atoms with Gasteiger partial charge in [0, 0.05) is 21.6 Å². The van der Waals surface area contributed by atoms with Gasteiger partial charge in [-0.1, -0.05) is 33.6 Å². The number of halogens is 2. The summed E-state index contributed by atoms with van der Waals surface area (Å²) in [6.07, 6.45) is 0. The Balaban J connectivity index is 2.39. The number of rotatable bonds is 3. The van der Waals surface area contributed by atoms with Gasteiger partial charge in [0.1, 0.15) is 11.5 Å². The van der Waals surface area contributed by atoms with Crippen LogP contribution in [0.4, 0.5) is 0 Å². The summed E-state index contributed by atoms with van der Waals surface area (Å²) in [5.74, 6) is 1.53. The monoisotopic (exact) mass is 339 g/mol. The Morgan fingerprint density at radius 2 is 1.84 bits per heavy atom. The number of ether oxygens (including phenoxy) is 1. The average molecular weight is 341 g/mol. The first kappa shape index (κ1) is 14.4. The number of hydrogen-bond donors (Lipinski definition) is 1. The summed E-state index contributed by atoms with van der Waals surface area (Å²) >= 11 is 9.63. The second-order valence-corrected chi connectivity index (χ2v) is 5.63. The van der Waals surface area contributed by atoms with Crippen molar-refractivity contribution in [2.24, 2.45) is 5.73 Å². The first-order valence-electron chi connectivity index (χ1n) is 5.95. The van der Waals surface area contributed by atoms with E-state index in [1.807, 2.05) is 44.2 Å². The normalized spacial score (nSPS) is 10.6. The van der Waals surface area contributed by atoms with Gasteiger partial charge in [0.05, 0.1) is 0 Å². The predicted molar refractivity (Wildman–Crippen MR) is 83.0 cm³/mol. The average Bonchev–Trinajstić information content (AvgIpc) is 2.36. The maximum atomic E-state index is 6.15. The Labute approximate surface area is 126 Å². The fraction of sp³-hybridized carbons (Fsp3) is 0.200. The van der Waals surface area contributed by atoms with Crippen LogP contribution in [0.1, 0.15) is 16.7 Å². The van der Waals surface area contributed by atoms with Gasteiger partial charge in [-0.25, -0.2) is 0 Å². The standard InChI is InChI=1S/C15H15BrClNO/c1-9-6-11(7-10(2)15(9)17)19-14-5-3-4-13(16)12(14)8-18/h3-7H,8,18H2,1-2H3. The topological polar surface area (TPSA) is 35.2 Å². The van der Waals surface area contributed by atoms with Gasteiger partial charge in [0.25, 0.3) is 0 Å². The zero-order valence-electron chi connectivity index (χ0n) is 10.8. The second kappa shape index (κ2) is 5.95. The van der Waals surface area contributed by atoms with E-state index >= 15 is 0 Å². The first-order valence-corrected chi connectivity index (χ1v) is 7.12. The van der Waals surface area contributed by atoms with Gasteiger partial charge in [0.15, 0.2) is 0 Å². The van der Waals surface area contributed by atoms with Gasteiger partial charge in [-0.2, -0.15) is 0 Å². The molecule has 0 atom stereocenters. The lowest BCUT2D eigenvalue weighted by Crippen LogP contribution is -2.00. The lowest BCUT2D eigenvalue weighted by atomic mass is 10.1. The zero-order chi connectivity index (χ0) is 14.0. The molecule has 0 radical (unpaired) electrons. The van der Waals surface area contributed by atoms with Crippen LogP contribution in [0.5, 0.6) is 11.5 Å². The van der Waals surface area contributed by atoms with Crippen LogP contribution in [0.15, 0.2) is 34.8 Å². The molecule has 0 fully saturated rings. The van der Waals surface area contributed by atoms with E-state index < -0.39 is 0 Å². The molecule has 0 aliphatic heterocycles. The summed E-state index contributed by atoms with van der Waals surface area (Å²) in [5.41, 5.74) is 8.71. The SMILES string of the molecule is Cc1cc(Oc2cccc(Br)c2CN)cc(C)c1Cl. The van der Waals surface area contributed by atoms with Crippen LogP contribution in [-0.2, 0) is 6.54 Å². The van der Waals surface area contributed by atoms with E-state index in [9.17, 15) is 0 Å². The molecule has 0 aliphatic carbocycles. The number of benzene rings is 2. The quantitative estimate of drug-likeness (QED) is 0.856. The van der Waals surface area contributed by atoms with Crippen LogP contribution in [0.2, 0.25) is 5.02 Å². The van der Waals surface area contributed by atoms with Gasteiger partial charge in [-0.3, -0.25) is 0 Å². The van der Waals surface area contributed by atoms with E-state index in [1.165, 1.54) is 0 Å². The summed E-state index contributed by atoms with van der Waals surface area (Å²) in [6.45, 7) is 4.35. The Hall–Kier alpha value is -1.03. The number of hydrogen-bond acceptors (Lipinski definition) is 2. The molecule has 2 aromatic carbocycles. The molecule has 4 heteroatoms. The van der Waals surface area contributed by atoms with Crippen molar-refractivity contribution in [1.29, 1.82) is 0 Å². The summed E-state index contributed by atoms with van der Waals surface area (Å²) in [4.78, 5) is 0. The van der Waals surface area contributed by atoms with E-state index in [0.717, 1.165) is 37.7 Å². The van der Waals surface area contributed by atoms with Gasteiger partial charge >= 0.3 is 0 Å². The molecule has 0 bridgehead atoms. The van der Waals surface area contributed by atoms with Crippen LogP contribution in [-0.4, -0.2) is 0 Å². The van der Waals surface area contributed by atoms with Crippen LogP contribution >= 0.6 is 27.5 Å². The van der Waals surface area contributed by atoms with Crippen LogP contribution in [0, 0.1) is 13.8 Å². The molecule has 0 aliphatic rings. The van der Waals surface area contributed by atoms with E-state index in [2.05, 4.69) is 15.9 Å². The van der Waals surface area contributed by atoms with Crippen molar-refractivity contribution in [2.75, 3.05) is 0 Å². The van der Waals surface area contributed by atoms with Crippen molar-refractivity contribution in [2.45, 2.75) is 20.4 Å². The largest absolute Gasteiger partial charge is 0.457 e. The maximum absolute atomic E-state index is 6.15. The molecule has 0 aromatic heterocycles. The Morgan fingerprint density at radius 3 is 2.42 bits per heavy atom. The van der Waals surface area contributed by atoms with E-state index in [-0.39, 0.29) is 0 Å². The highest BCUT2D eigenvalue weighted by molar-refractivity contribution is 9.10. The van der Waals surface area contributed by atoms with Gasteiger partial charge in [0.2, 0.25) is 0 Å². The van der Waals surface area contributed by atoms with Crippen molar-refractivity contribution in [3.8, 4) is 11.5 Å². The molecular weight excluding hydrogens is 326 g/mol. The van der Waals surface area contributed by atoms with Crippen LogP contribution < -0.4 is 10.5 Å². The minimum atomic E-state index is 0.419. The van der Waals surface area contributed by atoms with Crippen molar-refractivity contribution < 1.29 is 4.74 Å². The molecule has 0 amide bonds. The zero-order valence-corrected chi connectivity index (χ0v) is 13.2. The van der Waals surface area contributed by atoms with Crippen LogP contribution in [0.25, 0.3) is 0 Å². The highest BCUT2D eigenvalue weighted by Gasteiger charge is 2.09. The Kier molecular flexibility index (Phi) is 4.50. The third-order valence-electron chi connectivity index (χ3n) is 2.92. The Bertz CT molecular complexity index is 590.